The monoisotopic (exact) mass is 273 g/mol. The Morgan fingerprint density at radius 2 is 2.21 bits per heavy atom. The van der Waals surface area contributed by atoms with Gasteiger partial charge in [0.1, 0.15) is 12.3 Å². The normalized spacial score (nSPS) is 16.6. The highest BCUT2D eigenvalue weighted by Crippen LogP contribution is 2.28. The van der Waals surface area contributed by atoms with Crippen LogP contribution in [0.3, 0.4) is 0 Å². The van der Waals surface area contributed by atoms with E-state index in [0.717, 1.165) is 17.4 Å². The fourth-order valence-electron chi connectivity index (χ4n) is 1.91. The van der Waals surface area contributed by atoms with E-state index in [2.05, 4.69) is 0 Å². The summed E-state index contributed by atoms with van der Waals surface area (Å²) in [6.45, 7) is -1.20. The average Bonchev–Trinajstić information content (AvgIpc) is 2.73. The number of nitrogens with zero attached hydrogens (tertiary/aromatic N) is 1. The summed E-state index contributed by atoms with van der Waals surface area (Å²) in [5.74, 6) is -0.188. The molecule has 0 aliphatic heterocycles. The Balaban J connectivity index is 2.02. The first-order valence-electron chi connectivity index (χ1n) is 6.05. The molecule has 1 saturated carbocycles. The summed E-state index contributed by atoms with van der Waals surface area (Å²) in [6.07, 6.45) is 1.71. The number of alkyl halides is 3. The van der Waals surface area contributed by atoms with Gasteiger partial charge in [-0.3, -0.25) is 4.79 Å². The van der Waals surface area contributed by atoms with Crippen LogP contribution in [0.2, 0.25) is 0 Å². The molecule has 1 amide bonds. The molecule has 0 radical (unpaired) electrons. The lowest BCUT2D eigenvalue weighted by Gasteiger charge is -2.37. The third-order valence-corrected chi connectivity index (χ3v) is 3.08. The number of amides is 1. The van der Waals surface area contributed by atoms with Gasteiger partial charge in [0.2, 0.25) is 5.91 Å². The highest BCUT2D eigenvalue weighted by molar-refractivity contribution is 5.91. The molecule has 1 aromatic rings. The smallest absolute Gasteiger partial charge is 0.406 e. The van der Waals surface area contributed by atoms with Crippen molar-refractivity contribution in [2.24, 2.45) is 0 Å². The van der Waals surface area contributed by atoms with E-state index in [1.165, 1.54) is 12.3 Å². The van der Waals surface area contributed by atoms with Crippen molar-refractivity contribution in [2.75, 3.05) is 6.54 Å². The quantitative estimate of drug-likeness (QED) is 0.789. The number of carbonyl (C=O) groups is 1. The summed E-state index contributed by atoms with van der Waals surface area (Å²) in [7, 11) is 0. The molecule has 0 bridgehead atoms. The zero-order valence-corrected chi connectivity index (χ0v) is 10.2. The highest BCUT2D eigenvalue weighted by atomic mass is 19.4. The molecule has 0 spiro atoms. The largest absolute Gasteiger partial charge is 0.465 e. The third-order valence-electron chi connectivity index (χ3n) is 3.08. The fourth-order valence-corrected chi connectivity index (χ4v) is 1.91. The van der Waals surface area contributed by atoms with Crippen molar-refractivity contribution >= 4 is 12.0 Å². The Morgan fingerprint density at radius 3 is 2.68 bits per heavy atom. The lowest BCUT2D eigenvalue weighted by Crippen LogP contribution is -2.48. The van der Waals surface area contributed by atoms with E-state index in [9.17, 15) is 18.0 Å². The molecule has 19 heavy (non-hydrogen) atoms. The van der Waals surface area contributed by atoms with E-state index >= 15 is 0 Å². The van der Waals surface area contributed by atoms with Gasteiger partial charge in [0.05, 0.1) is 6.26 Å². The van der Waals surface area contributed by atoms with Crippen LogP contribution in [0.4, 0.5) is 13.2 Å². The second-order valence-corrected chi connectivity index (χ2v) is 4.51. The van der Waals surface area contributed by atoms with Crippen molar-refractivity contribution in [3.8, 4) is 0 Å². The minimum absolute atomic E-state index is 0.296. The molecule has 1 aliphatic carbocycles. The third kappa shape index (κ3) is 3.87. The lowest BCUT2D eigenvalue weighted by atomic mass is 9.91. The fraction of sp³-hybridized carbons (Fsp3) is 0.462. The van der Waals surface area contributed by atoms with Crippen molar-refractivity contribution in [3.63, 3.8) is 0 Å². The van der Waals surface area contributed by atoms with Crippen LogP contribution in [0.1, 0.15) is 25.0 Å². The second-order valence-electron chi connectivity index (χ2n) is 4.51. The maximum Gasteiger partial charge on any atom is 0.406 e. The predicted molar refractivity (Wildman–Crippen MR) is 63.1 cm³/mol. The lowest BCUT2D eigenvalue weighted by molar-refractivity contribution is -0.165. The molecule has 1 fully saturated rings. The van der Waals surface area contributed by atoms with Gasteiger partial charge in [0.25, 0.3) is 0 Å². The predicted octanol–water partition coefficient (Wildman–Crippen LogP) is 3.24. The van der Waals surface area contributed by atoms with E-state index in [0.29, 0.717) is 18.6 Å². The Hall–Kier alpha value is -1.72. The maximum absolute atomic E-state index is 12.5. The Bertz CT molecular complexity index is 447. The molecule has 0 N–H and O–H groups in total. The van der Waals surface area contributed by atoms with Crippen molar-refractivity contribution in [1.29, 1.82) is 0 Å². The minimum Gasteiger partial charge on any atom is -0.465 e. The van der Waals surface area contributed by atoms with Crippen molar-refractivity contribution in [1.82, 2.24) is 4.90 Å². The zero-order chi connectivity index (χ0) is 13.9. The molecule has 2 rings (SSSR count). The number of hydrogen-bond acceptors (Lipinski definition) is 2. The molecule has 0 saturated heterocycles. The summed E-state index contributed by atoms with van der Waals surface area (Å²) >= 11 is 0. The van der Waals surface area contributed by atoms with E-state index in [4.69, 9.17) is 4.42 Å². The molecule has 0 unspecified atom stereocenters. The van der Waals surface area contributed by atoms with Crippen LogP contribution in [-0.2, 0) is 4.79 Å². The van der Waals surface area contributed by atoms with Gasteiger partial charge in [-0.2, -0.15) is 13.2 Å². The van der Waals surface area contributed by atoms with Crippen molar-refractivity contribution in [3.05, 3.63) is 30.2 Å². The van der Waals surface area contributed by atoms with E-state index in [-0.39, 0.29) is 6.04 Å². The molecule has 1 heterocycles. The Labute approximate surface area is 108 Å². The van der Waals surface area contributed by atoms with Crippen molar-refractivity contribution in [2.45, 2.75) is 31.5 Å². The summed E-state index contributed by atoms with van der Waals surface area (Å²) in [5, 5.41) is 0. The summed E-state index contributed by atoms with van der Waals surface area (Å²) in [6, 6.07) is 2.97. The summed E-state index contributed by atoms with van der Waals surface area (Å²) in [4.78, 5) is 12.7. The molecule has 104 valence electrons. The zero-order valence-electron chi connectivity index (χ0n) is 10.2. The van der Waals surface area contributed by atoms with Crippen LogP contribution < -0.4 is 0 Å². The van der Waals surface area contributed by atoms with Crippen LogP contribution in [0.5, 0.6) is 0 Å². The van der Waals surface area contributed by atoms with Crippen LogP contribution in [0.15, 0.2) is 28.9 Å². The number of carbonyl (C=O) groups excluding carboxylic acids is 1. The van der Waals surface area contributed by atoms with Crippen LogP contribution in [0, 0.1) is 0 Å². The number of halogens is 3. The van der Waals surface area contributed by atoms with Gasteiger partial charge in [-0.15, -0.1) is 0 Å². The van der Waals surface area contributed by atoms with Crippen LogP contribution in [0.25, 0.3) is 6.08 Å². The summed E-state index contributed by atoms with van der Waals surface area (Å²) < 4.78 is 42.4. The number of hydrogen-bond donors (Lipinski definition) is 0. The second kappa shape index (κ2) is 5.50. The van der Waals surface area contributed by atoms with Gasteiger partial charge >= 0.3 is 6.18 Å². The maximum atomic E-state index is 12.5. The Morgan fingerprint density at radius 1 is 1.47 bits per heavy atom. The Kier molecular flexibility index (Phi) is 3.97. The van der Waals surface area contributed by atoms with E-state index < -0.39 is 18.6 Å². The first kappa shape index (κ1) is 13.7. The van der Waals surface area contributed by atoms with Gasteiger partial charge < -0.3 is 9.32 Å². The molecular formula is C13H14F3NO2. The topological polar surface area (TPSA) is 33.5 Å². The molecule has 0 aromatic carbocycles. The van der Waals surface area contributed by atoms with Crippen LogP contribution in [-0.4, -0.2) is 29.6 Å². The standard InChI is InChI=1S/C13H14F3NO2/c14-13(15,16)9-17(10-3-1-4-10)12(18)7-6-11-5-2-8-19-11/h2,5-8,10H,1,3-4,9H2/b7-6+. The van der Waals surface area contributed by atoms with Crippen molar-refractivity contribution < 1.29 is 22.4 Å². The molecule has 1 aliphatic rings. The molecular weight excluding hydrogens is 259 g/mol. The van der Waals surface area contributed by atoms with Gasteiger partial charge in [0.15, 0.2) is 0 Å². The van der Waals surface area contributed by atoms with Gasteiger partial charge in [-0.05, 0) is 37.5 Å². The molecule has 3 nitrogen and oxygen atoms in total. The molecule has 6 heteroatoms. The molecule has 1 aromatic heterocycles. The minimum atomic E-state index is -4.37. The first-order chi connectivity index (χ1) is 8.96. The SMILES string of the molecule is O=C(/C=C/c1ccco1)N(CC(F)(F)F)C1CCC1. The van der Waals surface area contributed by atoms with Gasteiger partial charge in [0, 0.05) is 12.1 Å². The molecule has 0 atom stereocenters. The number of rotatable bonds is 4. The highest BCUT2D eigenvalue weighted by Gasteiger charge is 2.37. The average molecular weight is 273 g/mol. The number of furan rings is 1. The van der Waals surface area contributed by atoms with Gasteiger partial charge in [-0.25, -0.2) is 0 Å². The van der Waals surface area contributed by atoms with E-state index in [1.807, 2.05) is 0 Å². The van der Waals surface area contributed by atoms with Crippen LogP contribution >= 0.6 is 0 Å². The first-order valence-corrected chi connectivity index (χ1v) is 6.05. The van der Waals surface area contributed by atoms with Gasteiger partial charge in [-0.1, -0.05) is 0 Å². The van der Waals surface area contributed by atoms with E-state index in [1.54, 1.807) is 12.1 Å². The summed E-state index contributed by atoms with van der Waals surface area (Å²) in [5.41, 5.74) is 0.